The van der Waals surface area contributed by atoms with Gasteiger partial charge >= 0.3 is 0 Å². The van der Waals surface area contributed by atoms with Gasteiger partial charge in [-0.05, 0) is 48.6 Å². The van der Waals surface area contributed by atoms with Crippen molar-refractivity contribution in [1.29, 1.82) is 0 Å². The zero-order valence-corrected chi connectivity index (χ0v) is 24.0. The Kier molecular flexibility index (Phi) is 8.16. The van der Waals surface area contributed by atoms with Crippen LogP contribution >= 0.6 is 11.3 Å². The lowest BCUT2D eigenvalue weighted by Gasteiger charge is -2.53. The number of fused-ring (bicyclic) bond motifs is 2. The number of nitrogens with zero attached hydrogens (tertiary/aromatic N) is 2. The van der Waals surface area contributed by atoms with Crippen LogP contribution in [0, 0.1) is 23.2 Å². The van der Waals surface area contributed by atoms with Gasteiger partial charge in [-0.3, -0.25) is 9.59 Å². The van der Waals surface area contributed by atoms with Crippen molar-refractivity contribution in [2.75, 3.05) is 24.7 Å². The van der Waals surface area contributed by atoms with Gasteiger partial charge in [0.1, 0.15) is 5.75 Å². The van der Waals surface area contributed by atoms with Crippen LogP contribution in [0.3, 0.4) is 0 Å². The quantitative estimate of drug-likeness (QED) is 0.474. The van der Waals surface area contributed by atoms with Crippen LogP contribution in [-0.4, -0.2) is 60.7 Å². The number of anilines is 1. The first kappa shape index (κ1) is 28.4. The Morgan fingerprint density at radius 2 is 2.03 bits per heavy atom. The molecule has 2 aliphatic carbocycles. The molecule has 0 radical (unpaired) electrons. The highest BCUT2D eigenvalue weighted by atomic mass is 32.2. The molecular formula is C28H37N3O5S2. The molecule has 2 amide bonds. The number of carbonyl (C=O) groups excluding carboxylic acids is 2. The molecule has 0 saturated heterocycles. The van der Waals surface area contributed by atoms with E-state index in [9.17, 15) is 23.1 Å². The molecule has 6 atom stereocenters. The third-order valence-corrected chi connectivity index (χ3v) is 11.0. The Balaban J connectivity index is 1.50. The van der Waals surface area contributed by atoms with E-state index in [1.54, 1.807) is 36.2 Å². The van der Waals surface area contributed by atoms with E-state index in [0.717, 1.165) is 29.8 Å². The summed E-state index contributed by atoms with van der Waals surface area (Å²) in [4.78, 5) is 33.1. The van der Waals surface area contributed by atoms with Crippen molar-refractivity contribution in [3.63, 3.8) is 0 Å². The molecule has 1 unspecified atom stereocenters. The molecule has 2 aromatic rings. The van der Waals surface area contributed by atoms with Crippen molar-refractivity contribution in [2.45, 2.75) is 57.0 Å². The maximum atomic E-state index is 13.0. The number of nitrogens with one attached hydrogen (secondary N) is 1. The summed E-state index contributed by atoms with van der Waals surface area (Å²) in [5.41, 5.74) is 0.670. The van der Waals surface area contributed by atoms with Gasteiger partial charge < -0.3 is 15.3 Å². The van der Waals surface area contributed by atoms with E-state index in [2.05, 4.69) is 23.8 Å². The summed E-state index contributed by atoms with van der Waals surface area (Å²) in [5.74, 6) is -1.92. The molecule has 2 N–H and O–H groups in total. The molecule has 0 spiro atoms. The summed E-state index contributed by atoms with van der Waals surface area (Å²) < 4.78 is 25.2. The first-order valence-electron chi connectivity index (χ1n) is 13.0. The van der Waals surface area contributed by atoms with Crippen LogP contribution in [0.1, 0.15) is 50.1 Å². The highest BCUT2D eigenvalue weighted by Crippen LogP contribution is 2.57. The van der Waals surface area contributed by atoms with Gasteiger partial charge in [-0.1, -0.05) is 45.0 Å². The molecule has 1 heterocycles. The zero-order valence-electron chi connectivity index (χ0n) is 22.4. The monoisotopic (exact) mass is 559 g/mol. The number of thiazole rings is 1. The van der Waals surface area contributed by atoms with E-state index >= 15 is 0 Å². The minimum Gasteiger partial charge on any atom is -0.392 e. The lowest BCUT2D eigenvalue weighted by atomic mass is 9.53. The van der Waals surface area contributed by atoms with Crippen LogP contribution in [0.25, 0.3) is 0 Å². The normalized spacial score (nSPS) is 27.5. The Hall–Kier alpha value is -2.56. The van der Waals surface area contributed by atoms with E-state index < -0.39 is 27.6 Å². The number of rotatable bonds is 8. The molecule has 1 saturated carbocycles. The van der Waals surface area contributed by atoms with Gasteiger partial charge in [0, 0.05) is 30.3 Å². The van der Waals surface area contributed by atoms with Crippen molar-refractivity contribution in [1.82, 2.24) is 9.88 Å². The number of aliphatic hydroxyl groups excluding tert-OH is 1. The molecular weight excluding hydrogens is 522 g/mol. The van der Waals surface area contributed by atoms with Gasteiger partial charge in [0.25, 0.3) is 0 Å². The largest absolute Gasteiger partial charge is 0.392 e. The van der Waals surface area contributed by atoms with E-state index in [-0.39, 0.29) is 39.9 Å². The molecule has 8 nitrogen and oxygen atoms in total. The first-order chi connectivity index (χ1) is 17.9. The molecule has 1 fully saturated rings. The number of sulfone groups is 1. The summed E-state index contributed by atoms with van der Waals surface area (Å²) in [7, 11) is -2.01. The van der Waals surface area contributed by atoms with Crippen molar-refractivity contribution >= 4 is 38.1 Å². The smallest absolute Gasteiger partial charge is 0.241 e. The van der Waals surface area contributed by atoms with Gasteiger partial charge in [0.2, 0.25) is 11.8 Å². The van der Waals surface area contributed by atoms with E-state index in [1.165, 1.54) is 23.5 Å². The van der Waals surface area contributed by atoms with E-state index in [4.69, 9.17) is 0 Å². The van der Waals surface area contributed by atoms with E-state index in [1.807, 2.05) is 13.8 Å². The van der Waals surface area contributed by atoms with E-state index in [0.29, 0.717) is 11.7 Å². The fraction of sp³-hybridized carbons (Fsp3) is 0.536. The summed E-state index contributed by atoms with van der Waals surface area (Å²) in [6.07, 6.45) is 3.38. The summed E-state index contributed by atoms with van der Waals surface area (Å²) in [5, 5.41) is 14.7. The second-order valence-corrected chi connectivity index (χ2v) is 14.2. The average molecular weight is 560 g/mol. The number of benzene rings is 1. The molecule has 1 aromatic carbocycles. The Morgan fingerprint density at radius 3 is 2.68 bits per heavy atom. The summed E-state index contributed by atoms with van der Waals surface area (Å²) >= 11 is 1.38. The number of aromatic nitrogens is 1. The maximum Gasteiger partial charge on any atom is 0.241 e. The lowest BCUT2D eigenvalue weighted by Crippen LogP contribution is -2.53. The predicted molar refractivity (Wildman–Crippen MR) is 149 cm³/mol. The zero-order chi connectivity index (χ0) is 27.8. The summed E-state index contributed by atoms with van der Waals surface area (Å²) in [6.45, 7) is 10.3. The number of amides is 2. The topological polar surface area (TPSA) is 117 Å². The fourth-order valence-corrected chi connectivity index (χ4v) is 8.89. The van der Waals surface area contributed by atoms with Gasteiger partial charge in [0.05, 0.1) is 16.7 Å². The number of hydrogen-bond acceptors (Lipinski definition) is 7. The van der Waals surface area contributed by atoms with Gasteiger partial charge in [-0.15, -0.1) is 17.9 Å². The fourth-order valence-electron chi connectivity index (χ4n) is 6.45. The molecule has 4 rings (SSSR count). The Bertz CT molecular complexity index is 1310. The molecule has 2 aliphatic rings. The molecule has 0 aliphatic heterocycles. The number of likely N-dealkylation sites (N-methyl/N-ethyl adjacent to an activating group) is 1. The van der Waals surface area contributed by atoms with Gasteiger partial charge in [0.15, 0.2) is 15.0 Å². The minimum atomic E-state index is -3.76. The molecule has 10 heteroatoms. The van der Waals surface area contributed by atoms with Crippen LogP contribution in [0.5, 0.6) is 0 Å². The van der Waals surface area contributed by atoms with Crippen LogP contribution in [0.4, 0.5) is 5.13 Å². The van der Waals surface area contributed by atoms with Crippen molar-refractivity contribution in [3.05, 3.63) is 53.6 Å². The second-order valence-electron chi connectivity index (χ2n) is 11.1. The third kappa shape index (κ3) is 5.44. The SMILES string of the molecule is C=CCN(C)C(=O)[C@@H](C)C1CC[C@@]2(C)Cc3sc(NC(=O)CS(=O)(=O)c4ccccc4)nc3[C@@H](C)[C@@H]2[C@H]1O. The number of carbonyl (C=O) groups is 2. The van der Waals surface area contributed by atoms with Crippen molar-refractivity contribution in [3.8, 4) is 0 Å². The Labute approximate surface area is 229 Å². The predicted octanol–water partition coefficient (Wildman–Crippen LogP) is 3.89. The van der Waals surface area contributed by atoms with Crippen LogP contribution in [0.2, 0.25) is 0 Å². The van der Waals surface area contributed by atoms with Crippen molar-refractivity contribution < 1.29 is 23.1 Å². The maximum absolute atomic E-state index is 13.0. The molecule has 206 valence electrons. The van der Waals surface area contributed by atoms with Gasteiger partial charge in [-0.2, -0.15) is 0 Å². The van der Waals surface area contributed by atoms with Crippen molar-refractivity contribution in [2.24, 2.45) is 23.2 Å². The van der Waals surface area contributed by atoms with Crippen LogP contribution in [0.15, 0.2) is 47.9 Å². The average Bonchev–Trinajstić information content (AvgIpc) is 3.25. The number of aliphatic hydroxyl groups is 1. The minimum absolute atomic E-state index is 0.00539. The second kappa shape index (κ2) is 10.9. The highest BCUT2D eigenvalue weighted by Gasteiger charge is 2.54. The summed E-state index contributed by atoms with van der Waals surface area (Å²) in [6, 6.07) is 7.91. The van der Waals surface area contributed by atoms with Crippen LogP contribution in [-0.2, 0) is 25.8 Å². The standard InChI is InChI=1S/C28H37N3O5S2/c1-6-14-31(5)26(34)17(2)20-12-13-28(4)15-21-24(18(3)23(28)25(20)33)30-27(37-21)29-22(32)16-38(35,36)19-10-8-7-9-11-19/h6-11,17-18,20,23,25,33H,1,12-16H2,2-5H3,(H,29,30,32)/t17-,18-,20?,23+,25-,28-/m0/s1. The Morgan fingerprint density at radius 1 is 1.34 bits per heavy atom. The third-order valence-electron chi connectivity index (χ3n) is 8.40. The lowest BCUT2D eigenvalue weighted by molar-refractivity contribution is -0.143. The van der Waals surface area contributed by atoms with Gasteiger partial charge in [-0.25, -0.2) is 13.4 Å². The number of hydrogen-bond donors (Lipinski definition) is 2. The first-order valence-corrected chi connectivity index (χ1v) is 15.5. The molecule has 0 bridgehead atoms. The molecule has 38 heavy (non-hydrogen) atoms. The van der Waals surface area contributed by atoms with Crippen LogP contribution < -0.4 is 5.32 Å². The highest BCUT2D eigenvalue weighted by molar-refractivity contribution is 7.92. The molecule has 1 aromatic heterocycles.